The molecule has 1 aliphatic heterocycles. The molecular formula is C14H21FN4O. The van der Waals surface area contributed by atoms with Crippen LogP contribution in [0.2, 0.25) is 0 Å². The molecule has 110 valence electrons. The second-order valence-corrected chi connectivity index (χ2v) is 5.38. The maximum Gasteiger partial charge on any atom is 0.254 e. The number of pyridine rings is 1. The van der Waals surface area contributed by atoms with Gasteiger partial charge in [-0.3, -0.25) is 4.79 Å². The summed E-state index contributed by atoms with van der Waals surface area (Å²) < 4.78 is 14.0. The second kappa shape index (κ2) is 6.17. The van der Waals surface area contributed by atoms with Crippen molar-refractivity contribution in [3.05, 3.63) is 23.6 Å². The van der Waals surface area contributed by atoms with Crippen molar-refractivity contribution in [1.82, 2.24) is 15.2 Å². The third-order valence-corrected chi connectivity index (χ3v) is 3.80. The van der Waals surface area contributed by atoms with E-state index < -0.39 is 5.82 Å². The molecule has 2 unspecified atom stereocenters. The Hall–Kier alpha value is -1.69. The van der Waals surface area contributed by atoms with Crippen LogP contribution < -0.4 is 10.6 Å². The van der Waals surface area contributed by atoms with E-state index in [0.717, 1.165) is 19.5 Å². The number of carbonyl (C=O) groups is 1. The fraction of sp³-hybridized carbons (Fsp3) is 0.571. The molecule has 2 atom stereocenters. The van der Waals surface area contributed by atoms with Crippen molar-refractivity contribution in [3.63, 3.8) is 0 Å². The maximum atomic E-state index is 14.0. The first-order chi connectivity index (χ1) is 9.52. The van der Waals surface area contributed by atoms with Gasteiger partial charge in [-0.15, -0.1) is 0 Å². The van der Waals surface area contributed by atoms with Crippen LogP contribution >= 0.6 is 0 Å². The minimum atomic E-state index is -0.604. The number of anilines is 1. The number of rotatable bonds is 3. The summed E-state index contributed by atoms with van der Waals surface area (Å²) in [7, 11) is 3.64. The lowest BCUT2D eigenvalue weighted by molar-refractivity contribution is 0.0879. The Morgan fingerprint density at radius 1 is 1.55 bits per heavy atom. The van der Waals surface area contributed by atoms with Crippen molar-refractivity contribution >= 4 is 11.7 Å². The van der Waals surface area contributed by atoms with Gasteiger partial charge in [0.25, 0.3) is 5.91 Å². The molecule has 0 spiro atoms. The molecule has 0 radical (unpaired) electrons. The summed E-state index contributed by atoms with van der Waals surface area (Å²) >= 11 is 0. The Morgan fingerprint density at radius 3 is 2.95 bits per heavy atom. The molecule has 1 aromatic rings. The summed E-state index contributed by atoms with van der Waals surface area (Å²) in [4.78, 5) is 18.3. The average molecular weight is 280 g/mol. The second-order valence-electron chi connectivity index (χ2n) is 5.38. The van der Waals surface area contributed by atoms with Crippen molar-refractivity contribution < 1.29 is 9.18 Å². The maximum absolute atomic E-state index is 14.0. The number of piperidine rings is 1. The van der Waals surface area contributed by atoms with Crippen LogP contribution in [0.5, 0.6) is 0 Å². The number of halogens is 1. The number of nitrogens with zero attached hydrogens (tertiary/aromatic N) is 2. The van der Waals surface area contributed by atoms with E-state index in [2.05, 4.69) is 34.5 Å². The van der Waals surface area contributed by atoms with Gasteiger partial charge in [0.2, 0.25) is 0 Å². The van der Waals surface area contributed by atoms with Gasteiger partial charge in [-0.25, -0.2) is 9.37 Å². The molecule has 20 heavy (non-hydrogen) atoms. The smallest absolute Gasteiger partial charge is 0.254 e. The third-order valence-electron chi connectivity index (χ3n) is 3.80. The fourth-order valence-electron chi connectivity index (χ4n) is 2.61. The molecule has 5 nitrogen and oxygen atoms in total. The first-order valence-electron chi connectivity index (χ1n) is 6.84. The molecule has 2 heterocycles. The Kier molecular flexibility index (Phi) is 4.54. The molecule has 0 aliphatic carbocycles. The van der Waals surface area contributed by atoms with Crippen LogP contribution in [0.4, 0.5) is 10.2 Å². The number of hydrogen-bond donors (Lipinski definition) is 2. The van der Waals surface area contributed by atoms with E-state index in [0.29, 0.717) is 5.92 Å². The third kappa shape index (κ3) is 3.07. The average Bonchev–Trinajstić information content (AvgIpc) is 2.42. The largest absolute Gasteiger partial charge is 0.371 e. The zero-order chi connectivity index (χ0) is 14.7. The Bertz CT molecular complexity index is 494. The van der Waals surface area contributed by atoms with Crippen LogP contribution in [0, 0.1) is 11.7 Å². The minimum Gasteiger partial charge on any atom is -0.371 e. The lowest BCUT2D eigenvalue weighted by Gasteiger charge is -2.35. The Labute approximate surface area is 118 Å². The monoisotopic (exact) mass is 280 g/mol. The molecular weight excluding hydrogens is 259 g/mol. The van der Waals surface area contributed by atoms with E-state index in [-0.39, 0.29) is 23.3 Å². The van der Waals surface area contributed by atoms with Crippen LogP contribution in [-0.2, 0) is 0 Å². The van der Waals surface area contributed by atoms with Gasteiger partial charge in [-0.1, -0.05) is 6.92 Å². The zero-order valence-corrected chi connectivity index (χ0v) is 12.1. The van der Waals surface area contributed by atoms with Gasteiger partial charge < -0.3 is 15.5 Å². The molecule has 1 aliphatic rings. The van der Waals surface area contributed by atoms with Gasteiger partial charge in [-0.05, 0) is 32.0 Å². The standard InChI is InChI=1S/C14H21FN4O/c1-9-8-19(3)7-5-11(9)18-14(20)10-4-6-17-13(16-2)12(10)15/h4,6,9,11H,5,7-8H2,1-3H3,(H,16,17)(H,18,20). The van der Waals surface area contributed by atoms with E-state index in [1.807, 2.05) is 0 Å². The minimum absolute atomic E-state index is 0.0375. The first kappa shape index (κ1) is 14.7. The number of nitrogens with one attached hydrogen (secondary N) is 2. The molecule has 0 bridgehead atoms. The summed E-state index contributed by atoms with van der Waals surface area (Å²) in [5, 5.41) is 5.57. The topological polar surface area (TPSA) is 57.3 Å². The van der Waals surface area contributed by atoms with E-state index in [4.69, 9.17) is 0 Å². The van der Waals surface area contributed by atoms with Gasteiger partial charge >= 0.3 is 0 Å². The number of carbonyl (C=O) groups excluding carboxylic acids is 1. The molecule has 0 saturated carbocycles. The highest BCUT2D eigenvalue weighted by atomic mass is 19.1. The van der Waals surface area contributed by atoms with E-state index >= 15 is 0 Å². The molecule has 1 saturated heterocycles. The number of hydrogen-bond acceptors (Lipinski definition) is 4. The molecule has 0 aromatic carbocycles. The van der Waals surface area contributed by atoms with Gasteiger partial charge in [0.1, 0.15) is 0 Å². The number of aromatic nitrogens is 1. The predicted octanol–water partition coefficient (Wildman–Crippen LogP) is 1.33. The zero-order valence-electron chi connectivity index (χ0n) is 12.1. The lowest BCUT2D eigenvalue weighted by Crippen LogP contribution is -2.49. The van der Waals surface area contributed by atoms with Crippen LogP contribution in [-0.4, -0.2) is 49.0 Å². The van der Waals surface area contributed by atoms with E-state index in [1.54, 1.807) is 7.05 Å². The number of amides is 1. The van der Waals surface area contributed by atoms with Gasteiger partial charge in [0.05, 0.1) is 5.56 Å². The fourth-order valence-corrected chi connectivity index (χ4v) is 2.61. The van der Waals surface area contributed by atoms with Crippen LogP contribution in [0.3, 0.4) is 0 Å². The quantitative estimate of drug-likeness (QED) is 0.877. The van der Waals surface area contributed by atoms with E-state index in [1.165, 1.54) is 12.3 Å². The summed E-state index contributed by atoms with van der Waals surface area (Å²) in [6, 6.07) is 1.50. The molecule has 6 heteroatoms. The van der Waals surface area contributed by atoms with Gasteiger partial charge in [0.15, 0.2) is 11.6 Å². The van der Waals surface area contributed by atoms with Crippen molar-refractivity contribution in [2.75, 3.05) is 32.5 Å². The summed E-state index contributed by atoms with van der Waals surface area (Å²) in [6.45, 7) is 3.98. The molecule has 1 aromatic heterocycles. The normalized spacial score (nSPS) is 23.4. The van der Waals surface area contributed by atoms with Crippen molar-refractivity contribution in [2.24, 2.45) is 5.92 Å². The first-order valence-corrected chi connectivity index (χ1v) is 6.84. The van der Waals surface area contributed by atoms with Crippen molar-refractivity contribution in [3.8, 4) is 0 Å². The molecule has 1 fully saturated rings. The highest BCUT2D eigenvalue weighted by Gasteiger charge is 2.27. The molecule has 2 N–H and O–H groups in total. The van der Waals surface area contributed by atoms with Crippen LogP contribution in [0.15, 0.2) is 12.3 Å². The number of likely N-dealkylation sites (tertiary alicyclic amines) is 1. The van der Waals surface area contributed by atoms with Crippen molar-refractivity contribution in [2.45, 2.75) is 19.4 Å². The summed E-state index contributed by atoms with van der Waals surface area (Å²) in [5.41, 5.74) is 0.0375. The van der Waals surface area contributed by atoms with Crippen molar-refractivity contribution in [1.29, 1.82) is 0 Å². The summed E-state index contributed by atoms with van der Waals surface area (Å²) in [5.74, 6) is -0.531. The Morgan fingerprint density at radius 2 is 2.30 bits per heavy atom. The van der Waals surface area contributed by atoms with E-state index in [9.17, 15) is 9.18 Å². The Balaban J connectivity index is 2.09. The van der Waals surface area contributed by atoms with Gasteiger partial charge in [0, 0.05) is 25.8 Å². The highest BCUT2D eigenvalue weighted by Crippen LogP contribution is 2.18. The molecule has 1 amide bonds. The molecule has 2 rings (SSSR count). The van der Waals surface area contributed by atoms with Gasteiger partial charge in [-0.2, -0.15) is 0 Å². The van der Waals surface area contributed by atoms with Crippen LogP contribution in [0.25, 0.3) is 0 Å². The lowest BCUT2D eigenvalue weighted by atomic mass is 9.94. The highest BCUT2D eigenvalue weighted by molar-refractivity contribution is 5.95. The summed E-state index contributed by atoms with van der Waals surface area (Å²) in [6.07, 6.45) is 2.32. The predicted molar refractivity (Wildman–Crippen MR) is 76.3 cm³/mol. The SMILES string of the molecule is CNc1nccc(C(=O)NC2CCN(C)CC2C)c1F. The van der Waals surface area contributed by atoms with Crippen LogP contribution in [0.1, 0.15) is 23.7 Å².